The van der Waals surface area contributed by atoms with Crippen LogP contribution in [-0.2, 0) is 0 Å². The molecular formula is C15H25NOS. The first-order valence-electron chi connectivity index (χ1n) is 6.56. The van der Waals surface area contributed by atoms with E-state index in [-0.39, 0.29) is 6.10 Å². The molecule has 0 spiro atoms. The molecule has 3 heteroatoms. The molecule has 1 N–H and O–H groups in total. The second kappa shape index (κ2) is 8.57. The van der Waals surface area contributed by atoms with Gasteiger partial charge in [0.1, 0.15) is 0 Å². The van der Waals surface area contributed by atoms with E-state index in [0.717, 1.165) is 25.1 Å². The van der Waals surface area contributed by atoms with Gasteiger partial charge in [0.15, 0.2) is 0 Å². The van der Waals surface area contributed by atoms with Crippen LogP contribution in [-0.4, -0.2) is 42.2 Å². The highest BCUT2D eigenvalue weighted by Gasteiger charge is 2.10. The molecule has 0 saturated carbocycles. The maximum absolute atomic E-state index is 10.2. The molecule has 0 aromatic heterocycles. The van der Waals surface area contributed by atoms with Crippen molar-refractivity contribution in [3.05, 3.63) is 35.4 Å². The van der Waals surface area contributed by atoms with E-state index < -0.39 is 0 Å². The Bertz CT molecular complexity index is 343. The number of aryl methyl sites for hydroxylation is 1. The van der Waals surface area contributed by atoms with Crippen molar-refractivity contribution < 1.29 is 5.11 Å². The first-order chi connectivity index (χ1) is 8.65. The van der Waals surface area contributed by atoms with Crippen LogP contribution in [0.5, 0.6) is 0 Å². The van der Waals surface area contributed by atoms with Crippen molar-refractivity contribution in [3.63, 3.8) is 0 Å². The average molecular weight is 267 g/mol. The van der Waals surface area contributed by atoms with E-state index in [9.17, 15) is 5.11 Å². The number of nitrogens with zero attached hydrogens (tertiary/aromatic N) is 1. The molecule has 2 nitrogen and oxygen atoms in total. The molecule has 0 aliphatic carbocycles. The molecule has 1 aromatic carbocycles. The van der Waals surface area contributed by atoms with Crippen LogP contribution in [0.15, 0.2) is 24.3 Å². The second-order valence-corrected chi connectivity index (χ2v) is 5.80. The van der Waals surface area contributed by atoms with Crippen LogP contribution in [0.1, 0.15) is 30.1 Å². The van der Waals surface area contributed by atoms with Crippen molar-refractivity contribution in [2.45, 2.75) is 25.9 Å². The summed E-state index contributed by atoms with van der Waals surface area (Å²) in [5, 5.41) is 10.2. The Morgan fingerprint density at radius 2 is 2.00 bits per heavy atom. The van der Waals surface area contributed by atoms with Gasteiger partial charge in [0.2, 0.25) is 0 Å². The van der Waals surface area contributed by atoms with Crippen molar-refractivity contribution in [2.75, 3.05) is 32.1 Å². The first kappa shape index (κ1) is 15.5. The normalized spacial score (nSPS) is 12.9. The molecule has 0 saturated heterocycles. The summed E-state index contributed by atoms with van der Waals surface area (Å²) in [7, 11) is 2.13. The summed E-state index contributed by atoms with van der Waals surface area (Å²) < 4.78 is 0. The minimum Gasteiger partial charge on any atom is -0.388 e. The third-order valence-electron chi connectivity index (χ3n) is 3.22. The number of thioether (sulfide) groups is 1. The van der Waals surface area contributed by atoms with E-state index in [1.54, 1.807) is 0 Å². The van der Waals surface area contributed by atoms with Gasteiger partial charge in [-0.25, -0.2) is 0 Å². The molecule has 0 amide bonds. The summed E-state index contributed by atoms with van der Waals surface area (Å²) in [4.78, 5) is 2.30. The largest absolute Gasteiger partial charge is 0.388 e. The van der Waals surface area contributed by atoms with E-state index in [4.69, 9.17) is 0 Å². The van der Waals surface area contributed by atoms with E-state index >= 15 is 0 Å². The van der Waals surface area contributed by atoms with Gasteiger partial charge in [-0.3, -0.25) is 0 Å². The second-order valence-electron chi connectivity index (χ2n) is 4.81. The molecule has 1 atom stereocenters. The molecule has 18 heavy (non-hydrogen) atoms. The Labute approximate surface area is 115 Å². The lowest BCUT2D eigenvalue weighted by molar-refractivity contribution is 0.148. The number of hydrogen-bond donors (Lipinski definition) is 1. The van der Waals surface area contributed by atoms with Crippen molar-refractivity contribution in [1.29, 1.82) is 0 Å². The van der Waals surface area contributed by atoms with Crippen molar-refractivity contribution >= 4 is 11.8 Å². The zero-order valence-electron chi connectivity index (χ0n) is 11.7. The minimum absolute atomic E-state index is 0.339. The highest BCUT2D eigenvalue weighted by Crippen LogP contribution is 2.20. The van der Waals surface area contributed by atoms with Gasteiger partial charge >= 0.3 is 0 Å². The predicted octanol–water partition coefficient (Wildman–Crippen LogP) is 3.10. The molecule has 0 bridgehead atoms. The van der Waals surface area contributed by atoms with Crippen molar-refractivity contribution in [2.24, 2.45) is 0 Å². The number of aliphatic hydroxyl groups excluding tert-OH is 1. The monoisotopic (exact) mass is 267 g/mol. The van der Waals surface area contributed by atoms with Gasteiger partial charge in [-0.2, -0.15) is 11.8 Å². The molecule has 0 aliphatic rings. The van der Waals surface area contributed by atoms with Crippen LogP contribution in [0.4, 0.5) is 0 Å². The average Bonchev–Trinajstić information content (AvgIpc) is 2.37. The quantitative estimate of drug-likeness (QED) is 0.732. The molecule has 102 valence electrons. The fraction of sp³-hybridized carbons (Fsp3) is 0.600. The summed E-state index contributed by atoms with van der Waals surface area (Å²) >= 11 is 1.89. The Morgan fingerprint density at radius 1 is 1.28 bits per heavy atom. The van der Waals surface area contributed by atoms with Crippen LogP contribution >= 0.6 is 11.8 Å². The van der Waals surface area contributed by atoms with E-state index in [2.05, 4.69) is 31.2 Å². The van der Waals surface area contributed by atoms with Crippen LogP contribution in [0.2, 0.25) is 0 Å². The Balaban J connectivity index is 2.32. The molecule has 0 heterocycles. The maximum atomic E-state index is 10.2. The fourth-order valence-electron chi connectivity index (χ4n) is 2.05. The summed E-state index contributed by atoms with van der Waals surface area (Å²) in [5.74, 6) is 1.21. The SMILES string of the molecule is CSCCCN(C)CCC(O)c1ccccc1C. The van der Waals surface area contributed by atoms with Gasteiger partial charge in [-0.15, -0.1) is 0 Å². The van der Waals surface area contributed by atoms with Crippen LogP contribution < -0.4 is 0 Å². The number of benzene rings is 1. The third kappa shape index (κ3) is 5.42. The molecule has 1 aromatic rings. The van der Waals surface area contributed by atoms with Crippen LogP contribution in [0.25, 0.3) is 0 Å². The van der Waals surface area contributed by atoms with Crippen LogP contribution in [0, 0.1) is 6.92 Å². The lowest BCUT2D eigenvalue weighted by Crippen LogP contribution is -2.23. The van der Waals surface area contributed by atoms with Gasteiger partial charge < -0.3 is 10.0 Å². The Hall–Kier alpha value is -0.510. The molecule has 0 radical (unpaired) electrons. The van der Waals surface area contributed by atoms with Gasteiger partial charge in [-0.05, 0) is 56.5 Å². The molecule has 1 rings (SSSR count). The highest BCUT2D eigenvalue weighted by atomic mass is 32.2. The number of hydrogen-bond acceptors (Lipinski definition) is 3. The summed E-state index contributed by atoms with van der Waals surface area (Å²) in [6, 6.07) is 8.09. The highest BCUT2D eigenvalue weighted by molar-refractivity contribution is 7.98. The van der Waals surface area contributed by atoms with Crippen molar-refractivity contribution in [3.8, 4) is 0 Å². The van der Waals surface area contributed by atoms with E-state index in [0.29, 0.717) is 0 Å². The minimum atomic E-state index is -0.339. The topological polar surface area (TPSA) is 23.5 Å². The zero-order chi connectivity index (χ0) is 13.4. The molecule has 1 unspecified atom stereocenters. The van der Waals surface area contributed by atoms with Gasteiger partial charge in [0.25, 0.3) is 0 Å². The predicted molar refractivity (Wildman–Crippen MR) is 81.3 cm³/mol. The Kier molecular flexibility index (Phi) is 7.40. The molecule has 0 fully saturated rings. The van der Waals surface area contributed by atoms with Crippen LogP contribution in [0.3, 0.4) is 0 Å². The van der Waals surface area contributed by atoms with E-state index in [1.807, 2.05) is 30.0 Å². The molecular weight excluding hydrogens is 242 g/mol. The third-order valence-corrected chi connectivity index (χ3v) is 3.92. The van der Waals surface area contributed by atoms with Gasteiger partial charge in [0.05, 0.1) is 6.10 Å². The fourth-order valence-corrected chi connectivity index (χ4v) is 2.47. The number of rotatable bonds is 8. The van der Waals surface area contributed by atoms with Crippen molar-refractivity contribution in [1.82, 2.24) is 4.90 Å². The van der Waals surface area contributed by atoms with E-state index in [1.165, 1.54) is 17.7 Å². The molecule has 0 aliphatic heterocycles. The summed E-state index contributed by atoms with van der Waals surface area (Å²) in [6.45, 7) is 4.12. The van der Waals surface area contributed by atoms with Gasteiger partial charge in [0, 0.05) is 6.54 Å². The van der Waals surface area contributed by atoms with Gasteiger partial charge in [-0.1, -0.05) is 24.3 Å². The first-order valence-corrected chi connectivity index (χ1v) is 7.95. The summed E-state index contributed by atoms with van der Waals surface area (Å²) in [5.41, 5.74) is 2.24. The maximum Gasteiger partial charge on any atom is 0.0804 e. The lowest BCUT2D eigenvalue weighted by Gasteiger charge is -2.19. The smallest absolute Gasteiger partial charge is 0.0804 e. The lowest BCUT2D eigenvalue weighted by atomic mass is 10.0. The summed E-state index contributed by atoms with van der Waals surface area (Å²) in [6.07, 6.45) is 3.83. The Morgan fingerprint density at radius 3 is 2.67 bits per heavy atom. The number of aliphatic hydroxyl groups is 1. The standard InChI is InChI=1S/C15H25NOS/c1-13-7-4-5-8-14(13)15(17)9-11-16(2)10-6-12-18-3/h4-5,7-8,15,17H,6,9-12H2,1-3H3. The zero-order valence-corrected chi connectivity index (χ0v) is 12.5.